The van der Waals surface area contributed by atoms with Crippen LogP contribution in [0, 0.1) is 12.3 Å². The summed E-state index contributed by atoms with van der Waals surface area (Å²) in [5.41, 5.74) is 2.75. The maximum atomic E-state index is 4.52. The number of rotatable bonds is 8. The lowest BCUT2D eigenvalue weighted by atomic mass is 9.76. The first-order valence-electron chi connectivity index (χ1n) is 7.32. The molecule has 4 heteroatoms. The molecule has 1 unspecified atom stereocenters. The van der Waals surface area contributed by atoms with Gasteiger partial charge in [0.05, 0.1) is 15.9 Å². The van der Waals surface area contributed by atoms with Gasteiger partial charge in [-0.3, -0.25) is 4.68 Å². The van der Waals surface area contributed by atoms with Gasteiger partial charge in [-0.15, -0.1) is 0 Å². The van der Waals surface area contributed by atoms with Gasteiger partial charge >= 0.3 is 0 Å². The molecule has 1 heterocycles. The number of nitrogens with zero attached hydrogens (tertiary/aromatic N) is 2. The van der Waals surface area contributed by atoms with Crippen molar-refractivity contribution in [3.8, 4) is 0 Å². The molecule has 0 aliphatic carbocycles. The van der Waals surface area contributed by atoms with E-state index in [2.05, 4.69) is 54.2 Å². The number of aromatic nitrogens is 2. The summed E-state index contributed by atoms with van der Waals surface area (Å²) >= 11 is 3.70. The summed E-state index contributed by atoms with van der Waals surface area (Å²) in [6.45, 7) is 7.71. The first-order chi connectivity index (χ1) is 8.99. The van der Waals surface area contributed by atoms with E-state index < -0.39 is 0 Å². The number of hydrogen-bond donors (Lipinski definition) is 1. The highest BCUT2D eigenvalue weighted by Crippen LogP contribution is 2.35. The number of unbranched alkanes of at least 4 members (excludes halogenated alkanes) is 1. The highest BCUT2D eigenvalue weighted by molar-refractivity contribution is 9.10. The second kappa shape index (κ2) is 7.44. The summed E-state index contributed by atoms with van der Waals surface area (Å²) in [5.74, 6) is 0. The van der Waals surface area contributed by atoms with Gasteiger partial charge in [0.2, 0.25) is 0 Å². The van der Waals surface area contributed by atoms with E-state index in [1.165, 1.54) is 35.8 Å². The molecular formula is C15H28BrN3. The summed E-state index contributed by atoms with van der Waals surface area (Å²) < 4.78 is 3.21. The van der Waals surface area contributed by atoms with Crippen molar-refractivity contribution in [2.75, 3.05) is 13.6 Å². The predicted octanol–water partition coefficient (Wildman–Crippen LogP) is 3.84. The predicted molar refractivity (Wildman–Crippen MR) is 85.5 cm³/mol. The zero-order valence-corrected chi connectivity index (χ0v) is 14.6. The fourth-order valence-electron chi connectivity index (χ4n) is 2.82. The molecule has 0 fully saturated rings. The average molecular weight is 330 g/mol. The molecule has 0 aliphatic heterocycles. The lowest BCUT2D eigenvalue weighted by Gasteiger charge is -2.33. The van der Waals surface area contributed by atoms with E-state index in [4.69, 9.17) is 0 Å². The third-order valence-electron chi connectivity index (χ3n) is 4.17. The monoisotopic (exact) mass is 329 g/mol. The minimum Gasteiger partial charge on any atom is -0.319 e. The Labute approximate surface area is 126 Å². The summed E-state index contributed by atoms with van der Waals surface area (Å²) in [7, 11) is 4.10. The highest BCUT2D eigenvalue weighted by atomic mass is 79.9. The van der Waals surface area contributed by atoms with Gasteiger partial charge < -0.3 is 5.32 Å². The number of hydrogen-bond acceptors (Lipinski definition) is 2. The van der Waals surface area contributed by atoms with Gasteiger partial charge in [0.1, 0.15) is 0 Å². The molecule has 0 saturated carbocycles. The molecule has 0 saturated heterocycles. The molecular weight excluding hydrogens is 302 g/mol. The minimum absolute atomic E-state index is 0.341. The van der Waals surface area contributed by atoms with Gasteiger partial charge in [-0.1, -0.05) is 26.7 Å². The molecule has 0 bridgehead atoms. The Morgan fingerprint density at radius 3 is 2.47 bits per heavy atom. The number of halogens is 1. The van der Waals surface area contributed by atoms with Gasteiger partial charge in [-0.25, -0.2) is 0 Å². The summed E-state index contributed by atoms with van der Waals surface area (Å²) in [6.07, 6.45) is 6.12. The smallest absolute Gasteiger partial charge is 0.0738 e. The third-order valence-corrected chi connectivity index (χ3v) is 5.20. The summed E-state index contributed by atoms with van der Waals surface area (Å²) in [5, 5.41) is 7.91. The second-order valence-corrected chi connectivity index (χ2v) is 6.43. The molecule has 1 rings (SSSR count). The molecule has 0 spiro atoms. The van der Waals surface area contributed by atoms with Crippen molar-refractivity contribution in [1.29, 1.82) is 0 Å². The quantitative estimate of drug-likeness (QED) is 0.785. The van der Waals surface area contributed by atoms with E-state index in [0.29, 0.717) is 5.41 Å². The Hall–Kier alpha value is -0.350. The maximum absolute atomic E-state index is 4.52. The Morgan fingerprint density at radius 2 is 2.05 bits per heavy atom. The topological polar surface area (TPSA) is 29.9 Å². The van der Waals surface area contributed by atoms with E-state index in [1.54, 1.807) is 0 Å². The van der Waals surface area contributed by atoms with Gasteiger partial charge in [-0.2, -0.15) is 5.10 Å². The normalized spacial score (nSPS) is 14.6. The van der Waals surface area contributed by atoms with E-state index >= 15 is 0 Å². The van der Waals surface area contributed by atoms with Crippen LogP contribution in [0.4, 0.5) is 0 Å². The van der Waals surface area contributed by atoms with Crippen LogP contribution >= 0.6 is 15.9 Å². The molecule has 0 amide bonds. The molecule has 1 N–H and O–H groups in total. The van der Waals surface area contributed by atoms with Crippen LogP contribution in [0.25, 0.3) is 0 Å². The van der Waals surface area contributed by atoms with Crippen LogP contribution in [-0.2, 0) is 13.5 Å². The number of aryl methyl sites for hydroxylation is 2. The van der Waals surface area contributed by atoms with E-state index in [0.717, 1.165) is 18.7 Å². The molecule has 110 valence electrons. The Morgan fingerprint density at radius 1 is 1.37 bits per heavy atom. The fraction of sp³-hybridized carbons (Fsp3) is 0.800. The SMILES string of the molecule is CCCCC(CC)(CNC)Cc1c(Br)c(C)nn1C. The van der Waals surface area contributed by atoms with Crippen LogP contribution in [0.1, 0.15) is 50.9 Å². The Bertz CT molecular complexity index is 400. The minimum atomic E-state index is 0.341. The van der Waals surface area contributed by atoms with Crippen molar-refractivity contribution >= 4 is 15.9 Å². The van der Waals surface area contributed by atoms with Gasteiger partial charge in [0.15, 0.2) is 0 Å². The molecule has 0 radical (unpaired) electrons. The second-order valence-electron chi connectivity index (χ2n) is 5.63. The summed E-state index contributed by atoms with van der Waals surface area (Å²) in [6, 6.07) is 0. The van der Waals surface area contributed by atoms with Crippen LogP contribution in [-0.4, -0.2) is 23.4 Å². The van der Waals surface area contributed by atoms with Gasteiger partial charge in [-0.05, 0) is 54.6 Å². The van der Waals surface area contributed by atoms with Crippen molar-refractivity contribution in [1.82, 2.24) is 15.1 Å². The van der Waals surface area contributed by atoms with Crippen LogP contribution in [0.15, 0.2) is 4.47 Å². The van der Waals surface area contributed by atoms with E-state index in [1.807, 2.05) is 11.7 Å². The fourth-order valence-corrected chi connectivity index (χ4v) is 3.30. The van der Waals surface area contributed by atoms with Crippen molar-refractivity contribution in [2.24, 2.45) is 12.5 Å². The Kier molecular flexibility index (Phi) is 6.54. The van der Waals surface area contributed by atoms with Crippen molar-refractivity contribution in [3.63, 3.8) is 0 Å². The standard InChI is InChI=1S/C15H28BrN3/c1-6-8-9-15(7-2,11-17-4)10-13-14(16)12(3)18-19(13)5/h17H,6-11H2,1-5H3. The lowest BCUT2D eigenvalue weighted by Crippen LogP contribution is -2.35. The van der Waals surface area contributed by atoms with Gasteiger partial charge in [0.25, 0.3) is 0 Å². The molecule has 1 aromatic heterocycles. The highest BCUT2D eigenvalue weighted by Gasteiger charge is 2.29. The molecule has 1 aromatic rings. The van der Waals surface area contributed by atoms with E-state index in [9.17, 15) is 0 Å². The van der Waals surface area contributed by atoms with Crippen LogP contribution in [0.3, 0.4) is 0 Å². The Balaban J connectivity index is 2.98. The molecule has 0 aromatic carbocycles. The van der Waals surface area contributed by atoms with Crippen LogP contribution < -0.4 is 5.32 Å². The van der Waals surface area contributed by atoms with Crippen LogP contribution in [0.2, 0.25) is 0 Å². The van der Waals surface area contributed by atoms with Crippen molar-refractivity contribution in [2.45, 2.75) is 52.9 Å². The molecule has 3 nitrogen and oxygen atoms in total. The first kappa shape index (κ1) is 16.7. The maximum Gasteiger partial charge on any atom is 0.0738 e. The van der Waals surface area contributed by atoms with Gasteiger partial charge in [0, 0.05) is 13.6 Å². The zero-order chi connectivity index (χ0) is 14.5. The average Bonchev–Trinajstić information content (AvgIpc) is 2.62. The zero-order valence-electron chi connectivity index (χ0n) is 13.0. The largest absolute Gasteiger partial charge is 0.319 e. The van der Waals surface area contributed by atoms with Crippen molar-refractivity contribution < 1.29 is 0 Å². The third kappa shape index (κ3) is 4.06. The summed E-state index contributed by atoms with van der Waals surface area (Å²) in [4.78, 5) is 0. The number of nitrogens with one attached hydrogen (secondary N) is 1. The van der Waals surface area contributed by atoms with Crippen molar-refractivity contribution in [3.05, 3.63) is 15.9 Å². The molecule has 19 heavy (non-hydrogen) atoms. The molecule has 1 atom stereocenters. The molecule has 0 aliphatic rings. The van der Waals surface area contributed by atoms with E-state index in [-0.39, 0.29) is 0 Å². The lowest BCUT2D eigenvalue weighted by molar-refractivity contribution is 0.229. The first-order valence-corrected chi connectivity index (χ1v) is 8.11. The van der Waals surface area contributed by atoms with Crippen LogP contribution in [0.5, 0.6) is 0 Å².